The van der Waals surface area contributed by atoms with Crippen molar-refractivity contribution in [2.45, 2.75) is 31.8 Å². The summed E-state index contributed by atoms with van der Waals surface area (Å²) in [6.45, 7) is 3.36. The van der Waals surface area contributed by atoms with Gasteiger partial charge >= 0.3 is 5.51 Å². The van der Waals surface area contributed by atoms with Crippen molar-refractivity contribution in [3.8, 4) is 0 Å². The molecule has 4 nitrogen and oxygen atoms in total. The molecule has 0 aliphatic heterocycles. The Morgan fingerprint density at radius 1 is 1.17 bits per heavy atom. The highest BCUT2D eigenvalue weighted by atomic mass is 32.2. The van der Waals surface area contributed by atoms with Crippen molar-refractivity contribution < 1.29 is 30.7 Å². The fourth-order valence-electron chi connectivity index (χ4n) is 0.924. The van der Waals surface area contributed by atoms with Crippen molar-refractivity contribution in [3.05, 3.63) is 30.6 Å². The van der Waals surface area contributed by atoms with E-state index in [9.17, 15) is 13.2 Å². The topological polar surface area (TPSA) is 61.1 Å². The second-order valence-corrected chi connectivity index (χ2v) is 4.74. The third-order valence-electron chi connectivity index (χ3n) is 1.83. The number of aryl methyl sites for hydroxylation is 1. The van der Waals surface area contributed by atoms with Crippen LogP contribution in [-0.4, -0.2) is 18.5 Å². The van der Waals surface area contributed by atoms with Crippen molar-refractivity contribution in [2.24, 2.45) is 0 Å². The zero-order chi connectivity index (χ0) is 14.2. The molecule has 1 rings (SSSR count). The highest BCUT2D eigenvalue weighted by Crippen LogP contribution is 2.20. The van der Waals surface area contributed by atoms with Gasteiger partial charge < -0.3 is 4.55 Å². The van der Waals surface area contributed by atoms with Crippen molar-refractivity contribution in [3.63, 3.8) is 0 Å². The van der Waals surface area contributed by atoms with Gasteiger partial charge in [-0.05, 0) is 0 Å². The average Bonchev–Trinajstić information content (AvgIpc) is 2.26. The van der Waals surface area contributed by atoms with Gasteiger partial charge in [-0.25, -0.2) is 13.0 Å². The van der Waals surface area contributed by atoms with Gasteiger partial charge in [0.2, 0.25) is 0 Å². The second-order valence-electron chi connectivity index (χ2n) is 3.37. The number of nitrogens with zero attached hydrogens (tertiary/aromatic N) is 1. The zero-order valence-electron chi connectivity index (χ0n) is 9.72. The third kappa shape index (κ3) is 7.23. The van der Waals surface area contributed by atoms with Gasteiger partial charge in [-0.3, -0.25) is 0 Å². The molecule has 1 heterocycles. The molecule has 0 atom stereocenters. The molecule has 1 aromatic rings. The van der Waals surface area contributed by atoms with Crippen molar-refractivity contribution in [2.75, 3.05) is 0 Å². The van der Waals surface area contributed by atoms with Crippen LogP contribution in [0.4, 0.5) is 13.2 Å². The number of unbranched alkanes of at least 4 members (excludes halogenated alkanes) is 1. The summed E-state index contributed by atoms with van der Waals surface area (Å²) in [6.07, 6.45) is 6.75. The number of hydrogen-bond acceptors (Lipinski definition) is 3. The molecule has 0 unspecified atom stereocenters. The molecule has 8 heteroatoms. The molecule has 0 radical (unpaired) electrons. The first-order valence-electron chi connectivity index (χ1n) is 5.14. The van der Waals surface area contributed by atoms with Crippen LogP contribution in [0.3, 0.4) is 0 Å². The van der Waals surface area contributed by atoms with Crippen LogP contribution >= 0.6 is 0 Å². The quantitative estimate of drug-likeness (QED) is 0.483. The van der Waals surface area contributed by atoms with Gasteiger partial charge in [-0.15, -0.1) is 0 Å². The van der Waals surface area contributed by atoms with Crippen LogP contribution < -0.4 is 4.57 Å². The Kier molecular flexibility index (Phi) is 6.85. The Balaban J connectivity index is 0.000000331. The lowest BCUT2D eigenvalue weighted by Gasteiger charge is -2.08. The van der Waals surface area contributed by atoms with Crippen LogP contribution in [0.15, 0.2) is 30.6 Å². The summed E-state index contributed by atoms with van der Waals surface area (Å²) >= 11 is 0. The normalized spacial score (nSPS) is 11.6. The maximum atomic E-state index is 10.7. The lowest BCUT2D eigenvalue weighted by Crippen LogP contribution is -2.31. The van der Waals surface area contributed by atoms with E-state index >= 15 is 0 Å². The first-order chi connectivity index (χ1) is 8.18. The largest absolute Gasteiger partial charge is 0.741 e. The summed E-state index contributed by atoms with van der Waals surface area (Å²) in [7, 11) is -6.09. The Morgan fingerprint density at radius 3 is 1.94 bits per heavy atom. The second kappa shape index (κ2) is 7.32. The van der Waals surface area contributed by atoms with E-state index in [1.807, 2.05) is 6.07 Å². The molecule has 0 amide bonds. The van der Waals surface area contributed by atoms with Crippen molar-refractivity contribution in [1.82, 2.24) is 0 Å². The average molecular weight is 285 g/mol. The molecule has 0 bridgehead atoms. The van der Waals surface area contributed by atoms with Crippen molar-refractivity contribution in [1.29, 1.82) is 0 Å². The van der Waals surface area contributed by atoms with Gasteiger partial charge in [0.05, 0.1) is 0 Å². The molecule has 18 heavy (non-hydrogen) atoms. The van der Waals surface area contributed by atoms with Crippen molar-refractivity contribution >= 4 is 10.1 Å². The summed E-state index contributed by atoms with van der Waals surface area (Å²) in [5.41, 5.74) is -5.65. The standard InChI is InChI=1S/C9H14N.CHF3O3S/c1-2-3-7-10-8-5-4-6-9-10;2-1(3,4)8(5,6)7/h4-6,8-9H,2-3,7H2,1H3;(H,5,6,7)/q+1;/p-1. The Morgan fingerprint density at radius 2 is 1.61 bits per heavy atom. The molecular weight excluding hydrogens is 271 g/mol. The highest BCUT2D eigenvalue weighted by molar-refractivity contribution is 7.86. The smallest absolute Gasteiger partial charge is 0.485 e. The van der Waals surface area contributed by atoms with Gasteiger partial charge in [0.15, 0.2) is 22.5 Å². The Bertz CT molecular complexity index is 431. The van der Waals surface area contributed by atoms with Gasteiger partial charge in [-0.2, -0.15) is 13.2 Å². The minimum absolute atomic E-state index is 1.15. The maximum Gasteiger partial charge on any atom is 0.485 e. The van der Waals surface area contributed by atoms with Crippen LogP contribution in [0, 0.1) is 0 Å². The molecule has 0 N–H and O–H groups in total. The molecule has 0 aliphatic carbocycles. The van der Waals surface area contributed by atoms with Gasteiger partial charge in [0, 0.05) is 18.6 Å². The van der Waals surface area contributed by atoms with E-state index in [1.165, 1.54) is 12.8 Å². The molecule has 1 aromatic heterocycles. The van der Waals surface area contributed by atoms with Gasteiger partial charge in [0.25, 0.3) is 0 Å². The number of halogens is 3. The molecule has 104 valence electrons. The summed E-state index contributed by atoms with van der Waals surface area (Å²) < 4.78 is 61.1. The SMILES string of the molecule is CCCC[n+]1ccccc1.O=S(=O)([O-])C(F)(F)F. The number of pyridine rings is 1. The van der Waals surface area contributed by atoms with Gasteiger partial charge in [0.1, 0.15) is 6.54 Å². The molecule has 0 spiro atoms. The van der Waals surface area contributed by atoms with Crippen LogP contribution in [0.1, 0.15) is 19.8 Å². The van der Waals surface area contributed by atoms with Crippen LogP contribution in [-0.2, 0) is 16.7 Å². The van der Waals surface area contributed by atoms with E-state index in [0.29, 0.717) is 0 Å². The number of alkyl halides is 3. The van der Waals surface area contributed by atoms with E-state index in [4.69, 9.17) is 13.0 Å². The molecule has 0 fully saturated rings. The van der Waals surface area contributed by atoms with E-state index in [2.05, 4.69) is 36.0 Å². The maximum absolute atomic E-state index is 10.7. The number of rotatable bonds is 3. The fraction of sp³-hybridized carbons (Fsp3) is 0.500. The molecule has 0 aromatic carbocycles. The van der Waals surface area contributed by atoms with Crippen LogP contribution in [0.2, 0.25) is 0 Å². The zero-order valence-corrected chi connectivity index (χ0v) is 10.5. The van der Waals surface area contributed by atoms with E-state index in [1.54, 1.807) is 0 Å². The minimum atomic E-state index is -6.09. The van der Waals surface area contributed by atoms with E-state index in [0.717, 1.165) is 6.54 Å². The first kappa shape index (κ1) is 16.9. The van der Waals surface area contributed by atoms with E-state index in [-0.39, 0.29) is 0 Å². The summed E-state index contributed by atoms with van der Waals surface area (Å²) in [5, 5.41) is 0. The van der Waals surface area contributed by atoms with Crippen LogP contribution in [0.5, 0.6) is 0 Å². The Hall–Kier alpha value is -1.15. The number of aromatic nitrogens is 1. The highest BCUT2D eigenvalue weighted by Gasteiger charge is 2.36. The lowest BCUT2D eigenvalue weighted by molar-refractivity contribution is -0.697. The lowest BCUT2D eigenvalue weighted by atomic mass is 10.3. The minimum Gasteiger partial charge on any atom is -0.741 e. The monoisotopic (exact) mass is 285 g/mol. The molecule has 0 saturated heterocycles. The van der Waals surface area contributed by atoms with Crippen LogP contribution in [0.25, 0.3) is 0 Å². The molecular formula is C10H14F3NO3S. The predicted octanol–water partition coefficient (Wildman–Crippen LogP) is 1.83. The molecule has 0 aliphatic rings. The Labute approximate surface area is 104 Å². The summed E-state index contributed by atoms with van der Waals surface area (Å²) in [4.78, 5) is 0. The fourth-order valence-corrected chi connectivity index (χ4v) is 0.924. The summed E-state index contributed by atoms with van der Waals surface area (Å²) in [6, 6.07) is 6.17. The third-order valence-corrected chi connectivity index (χ3v) is 2.40. The molecule has 0 saturated carbocycles. The van der Waals surface area contributed by atoms with Gasteiger partial charge in [-0.1, -0.05) is 19.4 Å². The summed E-state index contributed by atoms with van der Waals surface area (Å²) in [5.74, 6) is 0. The van der Waals surface area contributed by atoms with E-state index < -0.39 is 15.6 Å². The predicted molar refractivity (Wildman–Crippen MR) is 57.3 cm³/mol. The number of hydrogen-bond donors (Lipinski definition) is 0. The first-order valence-corrected chi connectivity index (χ1v) is 6.55.